The highest BCUT2D eigenvalue weighted by atomic mass is 35.5. The first-order valence-electron chi connectivity index (χ1n) is 8.21. The number of nitro benzene ring substituents is 1. The number of halogens is 1. The van der Waals surface area contributed by atoms with Crippen LogP contribution in [0.5, 0.6) is 11.5 Å². The van der Waals surface area contributed by atoms with Crippen LogP contribution in [0.15, 0.2) is 23.8 Å². The van der Waals surface area contributed by atoms with Crippen LogP contribution < -0.4 is 20.1 Å². The Kier molecular flexibility index (Phi) is 9.55. The molecule has 9 nitrogen and oxygen atoms in total. The standard InChI is InChI=1S/C17H23N3O6.ClH/c1-24-7-8-26-16-10-14(20(22)23)13(9-15(16)25-2)17(21)19-11-12-3-5-18-6-4-12;/h3,9-10,18H,4-8,11H2,1-2H3,(H,19,21);1H. The lowest BCUT2D eigenvalue weighted by Gasteiger charge is -2.15. The summed E-state index contributed by atoms with van der Waals surface area (Å²) in [5.74, 6) is -0.0929. The fourth-order valence-corrected chi connectivity index (χ4v) is 2.51. The van der Waals surface area contributed by atoms with Crippen LogP contribution in [0.25, 0.3) is 0 Å². The Labute approximate surface area is 163 Å². The van der Waals surface area contributed by atoms with Gasteiger partial charge in [-0.2, -0.15) is 0 Å². The maximum absolute atomic E-state index is 12.5. The molecule has 0 spiro atoms. The van der Waals surface area contributed by atoms with Crippen LogP contribution in [0.1, 0.15) is 16.8 Å². The molecular weight excluding hydrogens is 378 g/mol. The molecule has 1 aromatic rings. The molecule has 0 atom stereocenters. The number of methoxy groups -OCH3 is 2. The van der Waals surface area contributed by atoms with Crippen molar-refractivity contribution < 1.29 is 23.9 Å². The maximum Gasteiger partial charge on any atom is 0.286 e. The molecule has 1 aliphatic rings. The first kappa shape index (κ1) is 22.7. The number of hydrogen-bond acceptors (Lipinski definition) is 7. The van der Waals surface area contributed by atoms with Crippen LogP contribution in [-0.2, 0) is 4.74 Å². The third kappa shape index (κ3) is 6.38. The molecule has 1 amide bonds. The van der Waals surface area contributed by atoms with Gasteiger partial charge in [0.2, 0.25) is 0 Å². The Morgan fingerprint density at radius 1 is 1.30 bits per heavy atom. The van der Waals surface area contributed by atoms with E-state index in [4.69, 9.17) is 14.2 Å². The van der Waals surface area contributed by atoms with E-state index < -0.39 is 10.8 Å². The van der Waals surface area contributed by atoms with Gasteiger partial charge in [-0.3, -0.25) is 14.9 Å². The fraction of sp³-hybridized carbons (Fsp3) is 0.471. The van der Waals surface area contributed by atoms with Crippen molar-refractivity contribution >= 4 is 24.0 Å². The van der Waals surface area contributed by atoms with E-state index in [-0.39, 0.29) is 41.8 Å². The maximum atomic E-state index is 12.5. The molecule has 1 aromatic carbocycles. The topological polar surface area (TPSA) is 112 Å². The van der Waals surface area contributed by atoms with Crippen LogP contribution in [-0.4, -0.2) is 57.9 Å². The van der Waals surface area contributed by atoms with Crippen LogP contribution >= 0.6 is 12.4 Å². The molecule has 27 heavy (non-hydrogen) atoms. The molecule has 150 valence electrons. The van der Waals surface area contributed by atoms with Crippen LogP contribution in [0.3, 0.4) is 0 Å². The number of amides is 1. The van der Waals surface area contributed by atoms with E-state index in [0.717, 1.165) is 25.1 Å². The number of benzene rings is 1. The summed E-state index contributed by atoms with van der Waals surface area (Å²) < 4.78 is 15.5. The second-order valence-electron chi connectivity index (χ2n) is 5.62. The molecular formula is C17H24ClN3O6. The molecule has 10 heteroatoms. The molecule has 0 saturated carbocycles. The molecule has 2 N–H and O–H groups in total. The van der Waals surface area contributed by atoms with E-state index >= 15 is 0 Å². The van der Waals surface area contributed by atoms with Gasteiger partial charge < -0.3 is 24.8 Å². The van der Waals surface area contributed by atoms with Crippen molar-refractivity contribution in [3.63, 3.8) is 0 Å². The summed E-state index contributed by atoms with van der Waals surface area (Å²) in [6.45, 7) is 2.49. The number of nitrogens with zero attached hydrogens (tertiary/aromatic N) is 1. The van der Waals surface area contributed by atoms with Gasteiger partial charge in [0.05, 0.1) is 24.7 Å². The van der Waals surface area contributed by atoms with Gasteiger partial charge in [0.25, 0.3) is 11.6 Å². The van der Waals surface area contributed by atoms with Crippen molar-refractivity contribution in [2.24, 2.45) is 0 Å². The first-order chi connectivity index (χ1) is 12.6. The minimum atomic E-state index is -0.610. The highest BCUT2D eigenvalue weighted by Gasteiger charge is 2.25. The third-order valence-corrected chi connectivity index (χ3v) is 3.90. The highest BCUT2D eigenvalue weighted by Crippen LogP contribution is 2.34. The summed E-state index contributed by atoms with van der Waals surface area (Å²) in [5, 5.41) is 17.3. The van der Waals surface area contributed by atoms with Gasteiger partial charge in [0.15, 0.2) is 11.5 Å². The normalized spacial score (nSPS) is 13.2. The Bertz CT molecular complexity index is 695. The highest BCUT2D eigenvalue weighted by molar-refractivity contribution is 5.99. The molecule has 1 aliphatic heterocycles. The zero-order valence-corrected chi connectivity index (χ0v) is 16.1. The third-order valence-electron chi connectivity index (χ3n) is 3.90. The summed E-state index contributed by atoms with van der Waals surface area (Å²) >= 11 is 0. The molecule has 2 rings (SSSR count). The predicted molar refractivity (Wildman–Crippen MR) is 102 cm³/mol. The number of hydrogen-bond donors (Lipinski definition) is 2. The van der Waals surface area contributed by atoms with Crippen LogP contribution in [0.2, 0.25) is 0 Å². The fourth-order valence-electron chi connectivity index (χ4n) is 2.51. The van der Waals surface area contributed by atoms with E-state index in [1.807, 2.05) is 6.08 Å². The Morgan fingerprint density at radius 3 is 2.67 bits per heavy atom. The minimum absolute atomic E-state index is 0. The molecule has 0 aliphatic carbocycles. The lowest BCUT2D eigenvalue weighted by molar-refractivity contribution is -0.385. The van der Waals surface area contributed by atoms with Gasteiger partial charge in [-0.1, -0.05) is 11.6 Å². The van der Waals surface area contributed by atoms with Gasteiger partial charge in [-0.05, 0) is 13.0 Å². The van der Waals surface area contributed by atoms with Crippen molar-refractivity contribution in [2.75, 3.05) is 47.1 Å². The van der Waals surface area contributed by atoms with Gasteiger partial charge in [0.1, 0.15) is 12.2 Å². The molecule has 0 fully saturated rings. The number of rotatable bonds is 9. The molecule has 0 aromatic heterocycles. The number of nitro groups is 1. The number of carbonyl (C=O) groups is 1. The molecule has 0 bridgehead atoms. The molecule has 0 unspecified atom stereocenters. The average molecular weight is 402 g/mol. The second-order valence-corrected chi connectivity index (χ2v) is 5.62. The van der Waals surface area contributed by atoms with Crippen molar-refractivity contribution in [3.8, 4) is 11.5 Å². The van der Waals surface area contributed by atoms with Gasteiger partial charge in [0, 0.05) is 26.3 Å². The van der Waals surface area contributed by atoms with Gasteiger partial charge in [-0.25, -0.2) is 0 Å². The van der Waals surface area contributed by atoms with Crippen LogP contribution in [0.4, 0.5) is 5.69 Å². The van der Waals surface area contributed by atoms with Gasteiger partial charge in [-0.15, -0.1) is 12.4 Å². The van der Waals surface area contributed by atoms with Crippen LogP contribution in [0, 0.1) is 10.1 Å². The lowest BCUT2D eigenvalue weighted by atomic mass is 10.1. The SMILES string of the molecule is COCCOc1cc([N+](=O)[O-])c(C(=O)NCC2=CCNCC2)cc1OC.Cl. The van der Waals surface area contributed by atoms with Crippen molar-refractivity contribution in [3.05, 3.63) is 39.5 Å². The number of carbonyl (C=O) groups excluding carboxylic acids is 1. The Balaban J connectivity index is 0.00000364. The minimum Gasteiger partial charge on any atom is -0.493 e. The zero-order valence-electron chi connectivity index (χ0n) is 15.3. The van der Waals surface area contributed by atoms with E-state index in [0.29, 0.717) is 13.2 Å². The van der Waals surface area contributed by atoms with E-state index in [1.165, 1.54) is 26.4 Å². The van der Waals surface area contributed by atoms with Gasteiger partial charge >= 0.3 is 0 Å². The quantitative estimate of drug-likeness (QED) is 0.280. The molecule has 1 heterocycles. The average Bonchev–Trinajstić information content (AvgIpc) is 2.66. The van der Waals surface area contributed by atoms with E-state index in [2.05, 4.69) is 10.6 Å². The summed E-state index contributed by atoms with van der Waals surface area (Å²) in [7, 11) is 2.93. The summed E-state index contributed by atoms with van der Waals surface area (Å²) in [6.07, 6.45) is 2.84. The second kappa shape index (κ2) is 11.4. The van der Waals surface area contributed by atoms with E-state index in [1.54, 1.807) is 0 Å². The van der Waals surface area contributed by atoms with Crippen molar-refractivity contribution in [1.82, 2.24) is 10.6 Å². The van der Waals surface area contributed by atoms with Crippen molar-refractivity contribution in [2.45, 2.75) is 6.42 Å². The van der Waals surface area contributed by atoms with Crippen molar-refractivity contribution in [1.29, 1.82) is 0 Å². The lowest BCUT2D eigenvalue weighted by Crippen LogP contribution is -2.30. The van der Waals surface area contributed by atoms with E-state index in [9.17, 15) is 14.9 Å². The first-order valence-corrected chi connectivity index (χ1v) is 8.21. The summed E-state index contributed by atoms with van der Waals surface area (Å²) in [4.78, 5) is 23.3. The Hall–Kier alpha value is -2.36. The smallest absolute Gasteiger partial charge is 0.286 e. The zero-order chi connectivity index (χ0) is 18.9. The number of nitrogens with one attached hydrogen (secondary N) is 2. The predicted octanol–water partition coefficient (Wildman–Crippen LogP) is 1.70. The molecule has 0 saturated heterocycles. The largest absolute Gasteiger partial charge is 0.493 e. The Morgan fingerprint density at radius 2 is 2.07 bits per heavy atom. The summed E-state index contributed by atoms with van der Waals surface area (Å²) in [5.41, 5.74) is 0.682. The monoisotopic (exact) mass is 401 g/mol. The molecule has 0 radical (unpaired) electrons. The summed E-state index contributed by atoms with van der Waals surface area (Å²) in [6, 6.07) is 2.53. The number of ether oxygens (including phenoxy) is 3.